The minimum Gasteiger partial charge on any atom is -0.495 e. The zero-order valence-corrected chi connectivity index (χ0v) is 16.3. The van der Waals surface area contributed by atoms with Crippen molar-refractivity contribution in [2.24, 2.45) is 10.7 Å². The van der Waals surface area contributed by atoms with Gasteiger partial charge in [-0.25, -0.2) is 0 Å². The van der Waals surface area contributed by atoms with Gasteiger partial charge in [-0.3, -0.25) is 4.99 Å². The average Bonchev–Trinajstić information content (AvgIpc) is 2.79. The lowest BCUT2D eigenvalue weighted by Gasteiger charge is -2.08. The van der Waals surface area contributed by atoms with Gasteiger partial charge in [0.15, 0.2) is 5.96 Å². The normalized spacial score (nSPS) is 11.0. The fourth-order valence-electron chi connectivity index (χ4n) is 2.08. The molecule has 1 aromatic carbocycles. The minimum atomic E-state index is 0. The van der Waals surface area contributed by atoms with Crippen LogP contribution in [0.25, 0.3) is 0 Å². The number of guanidine groups is 1. The molecule has 0 unspecified atom stereocenters. The molecule has 0 aliphatic carbocycles. The van der Waals surface area contributed by atoms with Gasteiger partial charge >= 0.3 is 0 Å². The first kappa shape index (κ1) is 19.6. The third-order valence-corrected chi connectivity index (χ3v) is 3.54. The van der Waals surface area contributed by atoms with E-state index in [-0.39, 0.29) is 24.0 Å². The predicted octanol–water partition coefficient (Wildman–Crippen LogP) is 3.54. The van der Waals surface area contributed by atoms with Gasteiger partial charge in [0.05, 0.1) is 17.8 Å². The molecule has 2 rings (SSSR count). The van der Waals surface area contributed by atoms with Crippen LogP contribution in [0, 0.1) is 13.8 Å². The predicted molar refractivity (Wildman–Crippen MR) is 103 cm³/mol. The largest absolute Gasteiger partial charge is 0.495 e. The molecule has 2 aromatic rings. The number of aromatic nitrogens is 1. The fraction of sp³-hybridized carbons (Fsp3) is 0.333. The molecule has 0 saturated heterocycles. The molecule has 0 fully saturated rings. The van der Waals surface area contributed by atoms with Gasteiger partial charge in [0, 0.05) is 17.8 Å². The molecule has 0 atom stereocenters. The Hall–Kier alpha value is -1.48. The van der Waals surface area contributed by atoms with Gasteiger partial charge in [0.2, 0.25) is 0 Å². The maximum Gasteiger partial charge on any atom is 0.193 e. The van der Waals surface area contributed by atoms with Crippen molar-refractivity contribution in [1.82, 2.24) is 5.16 Å². The molecule has 1 aromatic heterocycles. The molecule has 8 heteroatoms. The fourth-order valence-corrected chi connectivity index (χ4v) is 2.34. The number of hydrogen-bond donors (Lipinski definition) is 2. The topological polar surface area (TPSA) is 85.7 Å². The number of halogens is 2. The third kappa shape index (κ3) is 5.28. The van der Waals surface area contributed by atoms with E-state index in [2.05, 4.69) is 15.5 Å². The van der Waals surface area contributed by atoms with Crippen LogP contribution in [0.15, 0.2) is 27.7 Å². The molecule has 0 saturated carbocycles. The molecule has 0 spiro atoms. The molecule has 0 aliphatic rings. The van der Waals surface area contributed by atoms with Gasteiger partial charge in [-0.15, -0.1) is 24.0 Å². The highest BCUT2D eigenvalue weighted by molar-refractivity contribution is 14.0. The molecule has 3 N–H and O–H groups in total. The van der Waals surface area contributed by atoms with Crippen LogP contribution in [0.1, 0.15) is 17.0 Å². The quantitative estimate of drug-likeness (QED) is 0.413. The second-order valence-electron chi connectivity index (χ2n) is 4.79. The Balaban J connectivity index is 0.00000264. The average molecular weight is 451 g/mol. The van der Waals surface area contributed by atoms with Crippen LogP contribution in [0.2, 0.25) is 5.02 Å². The van der Waals surface area contributed by atoms with Gasteiger partial charge < -0.3 is 20.3 Å². The summed E-state index contributed by atoms with van der Waals surface area (Å²) in [5.41, 5.74) is 8.58. The van der Waals surface area contributed by atoms with Crippen LogP contribution < -0.4 is 15.8 Å². The van der Waals surface area contributed by atoms with Crippen molar-refractivity contribution in [2.75, 3.05) is 19.0 Å². The van der Waals surface area contributed by atoms with Crippen molar-refractivity contribution in [3.8, 4) is 5.75 Å². The van der Waals surface area contributed by atoms with Crippen LogP contribution in [0.4, 0.5) is 5.69 Å². The Morgan fingerprint density at radius 3 is 2.74 bits per heavy atom. The molecule has 6 nitrogen and oxygen atoms in total. The van der Waals surface area contributed by atoms with Crippen LogP contribution in [-0.2, 0) is 6.42 Å². The summed E-state index contributed by atoms with van der Waals surface area (Å²) in [5, 5.41) is 7.41. The van der Waals surface area contributed by atoms with E-state index in [1.807, 2.05) is 19.9 Å². The smallest absolute Gasteiger partial charge is 0.193 e. The molecule has 126 valence electrons. The second-order valence-corrected chi connectivity index (χ2v) is 5.20. The van der Waals surface area contributed by atoms with Crippen LogP contribution in [0.5, 0.6) is 5.75 Å². The second kappa shape index (κ2) is 8.97. The van der Waals surface area contributed by atoms with Crippen LogP contribution in [-0.4, -0.2) is 24.8 Å². The Morgan fingerprint density at radius 1 is 1.43 bits per heavy atom. The van der Waals surface area contributed by atoms with E-state index in [1.54, 1.807) is 19.2 Å². The molecule has 0 bridgehead atoms. The van der Waals surface area contributed by atoms with Crippen molar-refractivity contribution >= 4 is 47.2 Å². The first-order chi connectivity index (χ1) is 10.5. The first-order valence-corrected chi connectivity index (χ1v) is 7.21. The summed E-state index contributed by atoms with van der Waals surface area (Å²) in [7, 11) is 1.57. The van der Waals surface area contributed by atoms with Crippen LogP contribution >= 0.6 is 35.6 Å². The number of ether oxygens (including phenoxy) is 1. The van der Waals surface area contributed by atoms with Crippen molar-refractivity contribution in [3.63, 3.8) is 0 Å². The Bertz CT molecular complexity index is 669. The summed E-state index contributed by atoms with van der Waals surface area (Å²) >= 11 is 6.06. The Labute approximate surface area is 157 Å². The maximum absolute atomic E-state index is 6.06. The van der Waals surface area contributed by atoms with E-state index in [1.165, 1.54) is 0 Å². The van der Waals surface area contributed by atoms with Crippen molar-refractivity contribution in [2.45, 2.75) is 20.3 Å². The van der Waals surface area contributed by atoms with E-state index in [4.69, 9.17) is 26.6 Å². The number of methoxy groups -OCH3 is 1. The van der Waals surface area contributed by atoms with Gasteiger partial charge in [-0.2, -0.15) is 0 Å². The van der Waals surface area contributed by atoms with Crippen LogP contribution in [0.3, 0.4) is 0 Å². The zero-order valence-electron chi connectivity index (χ0n) is 13.2. The van der Waals surface area contributed by atoms with E-state index < -0.39 is 0 Å². The summed E-state index contributed by atoms with van der Waals surface area (Å²) < 4.78 is 10.2. The number of aliphatic imine (C=N–C) groups is 1. The number of benzene rings is 1. The highest BCUT2D eigenvalue weighted by atomic mass is 127. The molecular weight excluding hydrogens is 431 g/mol. The van der Waals surface area contributed by atoms with Crippen molar-refractivity contribution < 1.29 is 9.26 Å². The summed E-state index contributed by atoms with van der Waals surface area (Å²) in [6.45, 7) is 4.35. The number of aryl methyl sites for hydroxylation is 2. The van der Waals surface area contributed by atoms with Gasteiger partial charge in [-0.05, 0) is 38.5 Å². The first-order valence-electron chi connectivity index (χ1n) is 6.83. The highest BCUT2D eigenvalue weighted by Crippen LogP contribution is 2.27. The molecular formula is C15H20ClIN4O2. The summed E-state index contributed by atoms with van der Waals surface area (Å²) in [5.74, 6) is 1.76. The van der Waals surface area contributed by atoms with E-state index in [0.717, 1.165) is 29.1 Å². The van der Waals surface area contributed by atoms with Gasteiger partial charge in [0.25, 0.3) is 0 Å². The van der Waals surface area contributed by atoms with E-state index >= 15 is 0 Å². The lowest BCUT2D eigenvalue weighted by molar-refractivity contribution is 0.392. The van der Waals surface area contributed by atoms with Crippen molar-refractivity contribution in [1.29, 1.82) is 0 Å². The zero-order chi connectivity index (χ0) is 16.1. The van der Waals surface area contributed by atoms with E-state index in [0.29, 0.717) is 23.3 Å². The Morgan fingerprint density at radius 2 is 2.17 bits per heavy atom. The lowest BCUT2D eigenvalue weighted by Crippen LogP contribution is -2.23. The number of nitrogens with two attached hydrogens (primary N) is 1. The molecule has 23 heavy (non-hydrogen) atoms. The SMILES string of the molecule is COc1ccc(NC(N)=NCCc2c(C)noc2C)cc1Cl.I. The standard InChI is InChI=1S/C15H19ClN4O2.HI/c1-9-12(10(2)22-20-9)6-7-18-15(17)19-11-4-5-14(21-3)13(16)8-11;/h4-5,8H,6-7H2,1-3H3,(H3,17,18,19);1H. The number of nitrogens with zero attached hydrogens (tertiary/aromatic N) is 2. The lowest BCUT2D eigenvalue weighted by atomic mass is 10.1. The highest BCUT2D eigenvalue weighted by Gasteiger charge is 2.08. The molecule has 0 radical (unpaired) electrons. The summed E-state index contributed by atoms with van der Waals surface area (Å²) in [6, 6.07) is 5.32. The number of rotatable bonds is 5. The Kier molecular flexibility index (Phi) is 7.63. The minimum absolute atomic E-state index is 0. The third-order valence-electron chi connectivity index (χ3n) is 3.25. The van der Waals surface area contributed by atoms with Gasteiger partial charge in [0.1, 0.15) is 11.5 Å². The number of hydrogen-bond acceptors (Lipinski definition) is 4. The van der Waals surface area contributed by atoms with E-state index in [9.17, 15) is 0 Å². The summed E-state index contributed by atoms with van der Waals surface area (Å²) in [6.07, 6.45) is 0.729. The van der Waals surface area contributed by atoms with Crippen molar-refractivity contribution in [3.05, 3.63) is 40.2 Å². The monoisotopic (exact) mass is 450 g/mol. The maximum atomic E-state index is 6.06. The van der Waals surface area contributed by atoms with Gasteiger partial charge in [-0.1, -0.05) is 16.8 Å². The number of anilines is 1. The molecule has 1 heterocycles. The molecule has 0 amide bonds. The summed E-state index contributed by atoms with van der Waals surface area (Å²) in [4.78, 5) is 4.29. The number of nitrogens with one attached hydrogen (secondary N) is 1. The molecule has 0 aliphatic heterocycles.